The zero-order valence-electron chi connectivity index (χ0n) is 36.4. The predicted molar refractivity (Wildman–Crippen MR) is 276 cm³/mol. The molecular weight excluding hydrogens is 799 g/mol. The number of nitrogens with one attached hydrogen (secondary N) is 2. The molecule has 9 aromatic carbocycles. The highest BCUT2D eigenvalue weighted by molar-refractivity contribution is 6.24. The van der Waals surface area contributed by atoms with E-state index < -0.39 is 0 Å². The molecule has 2 aliphatic rings. The maximum absolute atomic E-state index is 5.37. The van der Waals surface area contributed by atoms with Gasteiger partial charge in [-0.2, -0.15) is 0 Å². The lowest BCUT2D eigenvalue weighted by molar-refractivity contribution is 0.664. The normalized spacial score (nSPS) is 15.9. The minimum Gasteiger partial charge on any atom is -0.373 e. The molecule has 2 unspecified atom stereocenters. The van der Waals surface area contributed by atoms with Crippen LogP contribution in [0.25, 0.3) is 50.4 Å². The SMILES string of the molecule is C1=C(c2cccc(-c3ccccc3)c2)NC(c2ccccc2)N=C1c1cccc(-c2cccc(C3=C(c4ccccc4)C(c4ccccc4)NC(c4ccccc4)=C3c3ccccc3)c2)c1. The van der Waals surface area contributed by atoms with Crippen molar-refractivity contribution >= 4 is 33.8 Å². The van der Waals surface area contributed by atoms with Gasteiger partial charge in [0.15, 0.2) is 0 Å². The van der Waals surface area contributed by atoms with Gasteiger partial charge in [0, 0.05) is 16.8 Å². The Labute approximate surface area is 387 Å². The predicted octanol–water partition coefficient (Wildman–Crippen LogP) is 15.0. The monoisotopic (exact) mass is 845 g/mol. The molecule has 314 valence electrons. The van der Waals surface area contributed by atoms with Gasteiger partial charge in [0.25, 0.3) is 0 Å². The number of nitrogens with zero attached hydrogens (tertiary/aromatic N) is 1. The van der Waals surface area contributed by atoms with E-state index in [0.29, 0.717) is 0 Å². The molecule has 0 aliphatic carbocycles. The molecule has 0 bridgehead atoms. The van der Waals surface area contributed by atoms with Crippen LogP contribution in [0.4, 0.5) is 0 Å². The second-order valence-electron chi connectivity index (χ2n) is 16.8. The maximum Gasteiger partial charge on any atom is 0.145 e. The molecule has 2 heterocycles. The summed E-state index contributed by atoms with van der Waals surface area (Å²) in [6.07, 6.45) is 1.95. The summed E-state index contributed by atoms with van der Waals surface area (Å²) in [6.45, 7) is 0. The highest BCUT2D eigenvalue weighted by Crippen LogP contribution is 2.50. The van der Waals surface area contributed by atoms with Crippen molar-refractivity contribution in [3.05, 3.63) is 305 Å². The Balaban J connectivity index is 1.07. The number of benzene rings is 9. The fraction of sp³-hybridized carbons (Fsp3) is 0.0317. The molecule has 2 atom stereocenters. The molecule has 2 N–H and O–H groups in total. The molecule has 0 saturated carbocycles. The fourth-order valence-corrected chi connectivity index (χ4v) is 9.40. The largest absolute Gasteiger partial charge is 0.373 e. The smallest absolute Gasteiger partial charge is 0.145 e. The van der Waals surface area contributed by atoms with Crippen LogP contribution in [0.3, 0.4) is 0 Å². The Kier molecular flexibility index (Phi) is 11.2. The fourth-order valence-electron chi connectivity index (χ4n) is 9.40. The lowest BCUT2D eigenvalue weighted by Gasteiger charge is -2.36. The molecule has 11 rings (SSSR count). The van der Waals surface area contributed by atoms with Gasteiger partial charge in [0.1, 0.15) is 6.17 Å². The molecule has 3 heteroatoms. The topological polar surface area (TPSA) is 36.4 Å². The molecular formula is C63H47N3. The number of aliphatic imine (C=N–C) groups is 1. The van der Waals surface area contributed by atoms with Crippen LogP contribution in [0, 0.1) is 0 Å². The third-order valence-electron chi connectivity index (χ3n) is 12.6. The quantitative estimate of drug-likeness (QED) is 0.144. The minimum absolute atomic E-state index is 0.122. The summed E-state index contributed by atoms with van der Waals surface area (Å²) in [7, 11) is 0. The first-order valence-corrected chi connectivity index (χ1v) is 22.7. The standard InChI is InChI=1S/C63H47N3/c1-7-22-44(23-8-1)50-34-19-37-53(40-50)56-43-57(65-63(64-56)49-32-17-6-18-33-49)54-38-20-35-51(41-54)52-36-21-39-55(42-52)58-59(45-24-9-2-10-25-45)61(47-28-13-4-14-29-47)66-62(48-30-15-5-16-31-48)60(58)46-26-11-3-12-27-46/h1-43,61,63-64,66H. The Morgan fingerprint density at radius 3 is 1.33 bits per heavy atom. The highest BCUT2D eigenvalue weighted by Gasteiger charge is 2.33. The van der Waals surface area contributed by atoms with E-state index in [0.717, 1.165) is 61.6 Å². The van der Waals surface area contributed by atoms with Crippen molar-refractivity contribution in [1.29, 1.82) is 0 Å². The van der Waals surface area contributed by atoms with E-state index in [1.54, 1.807) is 0 Å². The van der Waals surface area contributed by atoms with E-state index in [1.807, 2.05) is 0 Å². The van der Waals surface area contributed by atoms with Crippen molar-refractivity contribution in [2.45, 2.75) is 12.2 Å². The third kappa shape index (κ3) is 8.22. The average Bonchev–Trinajstić information content (AvgIpc) is 3.41. The number of allylic oxidation sites excluding steroid dienone is 3. The number of rotatable bonds is 10. The molecule has 0 spiro atoms. The lowest BCUT2D eigenvalue weighted by atomic mass is 9.76. The van der Waals surface area contributed by atoms with E-state index in [1.165, 1.54) is 39.0 Å². The molecule has 3 nitrogen and oxygen atoms in total. The summed E-state index contributed by atoms with van der Waals surface area (Å²) in [6, 6.07) is 91.1. The Morgan fingerprint density at radius 1 is 0.303 bits per heavy atom. The molecule has 0 radical (unpaired) electrons. The van der Waals surface area contributed by atoms with Crippen LogP contribution >= 0.6 is 0 Å². The first kappa shape index (κ1) is 40.3. The average molecular weight is 846 g/mol. The van der Waals surface area contributed by atoms with Gasteiger partial charge in [-0.1, -0.05) is 237 Å². The second kappa shape index (κ2) is 18.3. The van der Waals surface area contributed by atoms with Crippen molar-refractivity contribution in [3.63, 3.8) is 0 Å². The van der Waals surface area contributed by atoms with Crippen LogP contribution in [-0.4, -0.2) is 5.71 Å². The van der Waals surface area contributed by atoms with Gasteiger partial charge in [-0.05, 0) is 96.6 Å². The highest BCUT2D eigenvalue weighted by atomic mass is 15.1. The molecule has 0 fully saturated rings. The van der Waals surface area contributed by atoms with Crippen molar-refractivity contribution in [1.82, 2.24) is 10.6 Å². The van der Waals surface area contributed by atoms with Crippen molar-refractivity contribution < 1.29 is 0 Å². The van der Waals surface area contributed by atoms with Crippen LogP contribution < -0.4 is 10.6 Å². The Bertz CT molecular complexity index is 3260. The second-order valence-corrected chi connectivity index (χ2v) is 16.8. The number of hydrogen-bond donors (Lipinski definition) is 2. The lowest BCUT2D eigenvalue weighted by Crippen LogP contribution is -2.27. The summed E-state index contributed by atoms with van der Waals surface area (Å²) in [4.78, 5) is 5.37. The summed E-state index contributed by atoms with van der Waals surface area (Å²) in [5.74, 6) is 0. The van der Waals surface area contributed by atoms with Gasteiger partial charge < -0.3 is 10.6 Å². The van der Waals surface area contributed by atoms with E-state index >= 15 is 0 Å². The zero-order valence-corrected chi connectivity index (χ0v) is 36.4. The molecule has 0 aromatic heterocycles. The molecule has 2 aliphatic heterocycles. The molecule has 66 heavy (non-hydrogen) atoms. The van der Waals surface area contributed by atoms with Crippen LogP contribution in [0.2, 0.25) is 0 Å². The van der Waals surface area contributed by atoms with Gasteiger partial charge in [-0.3, -0.25) is 4.99 Å². The van der Waals surface area contributed by atoms with Gasteiger partial charge in [0.2, 0.25) is 0 Å². The van der Waals surface area contributed by atoms with Crippen LogP contribution in [0.5, 0.6) is 0 Å². The first-order chi connectivity index (χ1) is 32.7. The number of hydrogen-bond acceptors (Lipinski definition) is 3. The van der Waals surface area contributed by atoms with Crippen LogP contribution in [0.15, 0.2) is 266 Å². The van der Waals surface area contributed by atoms with Crippen molar-refractivity contribution in [2.24, 2.45) is 4.99 Å². The van der Waals surface area contributed by atoms with Crippen molar-refractivity contribution in [3.8, 4) is 22.3 Å². The van der Waals surface area contributed by atoms with Gasteiger partial charge >= 0.3 is 0 Å². The summed E-state index contributed by atoms with van der Waals surface area (Å²) >= 11 is 0. The van der Waals surface area contributed by atoms with Crippen LogP contribution in [0.1, 0.15) is 56.7 Å². The summed E-state index contributed by atoms with van der Waals surface area (Å²) in [5.41, 5.74) is 20.4. The first-order valence-electron chi connectivity index (χ1n) is 22.7. The number of dihydropyridines is 1. The molecule has 0 amide bonds. The van der Waals surface area contributed by atoms with Gasteiger partial charge in [-0.25, -0.2) is 0 Å². The Hall–Kier alpha value is -8.53. The third-order valence-corrected chi connectivity index (χ3v) is 12.6. The van der Waals surface area contributed by atoms with E-state index in [-0.39, 0.29) is 12.2 Å². The minimum atomic E-state index is -0.253. The van der Waals surface area contributed by atoms with Gasteiger partial charge in [-0.15, -0.1) is 0 Å². The van der Waals surface area contributed by atoms with Crippen molar-refractivity contribution in [2.75, 3.05) is 0 Å². The van der Waals surface area contributed by atoms with Gasteiger partial charge in [0.05, 0.1) is 17.5 Å². The van der Waals surface area contributed by atoms with E-state index in [2.05, 4.69) is 271 Å². The zero-order chi connectivity index (χ0) is 44.1. The summed E-state index contributed by atoms with van der Waals surface area (Å²) in [5, 5.41) is 7.89. The maximum atomic E-state index is 5.37. The van der Waals surface area contributed by atoms with E-state index in [9.17, 15) is 0 Å². The molecule has 9 aromatic rings. The Morgan fingerprint density at radius 2 is 0.727 bits per heavy atom. The molecule has 0 saturated heterocycles. The summed E-state index contributed by atoms with van der Waals surface area (Å²) < 4.78 is 0. The van der Waals surface area contributed by atoms with E-state index in [4.69, 9.17) is 4.99 Å². The van der Waals surface area contributed by atoms with Crippen LogP contribution in [-0.2, 0) is 0 Å².